The van der Waals surface area contributed by atoms with E-state index < -0.39 is 11.4 Å². The van der Waals surface area contributed by atoms with Gasteiger partial charge in [-0.2, -0.15) is 0 Å². The highest BCUT2D eigenvalue weighted by atomic mass is 16.5. The first kappa shape index (κ1) is 9.08. The highest BCUT2D eigenvalue weighted by Gasteiger charge is 2.41. The fraction of sp³-hybridized carbons (Fsp3) is 0.667. The first-order chi connectivity index (χ1) is 5.71. The Bertz CT molecular complexity index is 208. The molecule has 0 spiro atoms. The van der Waals surface area contributed by atoms with E-state index in [1.165, 1.54) is 0 Å². The van der Waals surface area contributed by atoms with Gasteiger partial charge in [0.2, 0.25) is 0 Å². The Kier molecular flexibility index (Phi) is 2.72. The van der Waals surface area contributed by atoms with Crippen molar-refractivity contribution < 1.29 is 14.6 Å². The van der Waals surface area contributed by atoms with E-state index in [1.807, 2.05) is 0 Å². The molecule has 0 amide bonds. The fourth-order valence-corrected chi connectivity index (χ4v) is 1.39. The fourth-order valence-electron chi connectivity index (χ4n) is 1.39. The maximum Gasteiger partial charge on any atom is 0.312 e. The molecule has 1 rings (SSSR count). The van der Waals surface area contributed by atoms with Crippen LogP contribution in [0.4, 0.5) is 0 Å². The van der Waals surface area contributed by atoms with E-state index in [2.05, 4.69) is 5.92 Å². The first-order valence-corrected chi connectivity index (χ1v) is 3.96. The number of carbonyl (C=O) groups is 1. The van der Waals surface area contributed by atoms with Crippen molar-refractivity contribution in [2.45, 2.75) is 19.3 Å². The molecule has 3 heteroatoms. The van der Waals surface area contributed by atoms with Gasteiger partial charge in [-0.15, -0.1) is 12.3 Å². The molecule has 3 nitrogen and oxygen atoms in total. The van der Waals surface area contributed by atoms with Gasteiger partial charge in [0.05, 0.1) is 12.0 Å². The molecule has 1 fully saturated rings. The van der Waals surface area contributed by atoms with Gasteiger partial charge < -0.3 is 9.84 Å². The number of aliphatic carboxylic acids is 1. The average molecular weight is 168 g/mol. The van der Waals surface area contributed by atoms with E-state index in [1.54, 1.807) is 0 Å². The van der Waals surface area contributed by atoms with Crippen LogP contribution in [0.2, 0.25) is 0 Å². The zero-order chi connectivity index (χ0) is 9.03. The normalized spacial score (nSPS) is 28.2. The lowest BCUT2D eigenvalue weighted by Gasteiger charge is -2.20. The Hall–Kier alpha value is -1.01. The van der Waals surface area contributed by atoms with Gasteiger partial charge in [-0.3, -0.25) is 4.79 Å². The van der Waals surface area contributed by atoms with Gasteiger partial charge in [0.1, 0.15) is 0 Å². The number of hydrogen-bond donors (Lipinski definition) is 1. The lowest BCUT2D eigenvalue weighted by molar-refractivity contribution is -0.149. The molecule has 0 radical (unpaired) electrons. The summed E-state index contributed by atoms with van der Waals surface area (Å²) in [6.07, 6.45) is 6.71. The van der Waals surface area contributed by atoms with Crippen LogP contribution in [0.3, 0.4) is 0 Å². The third-order valence-electron chi connectivity index (χ3n) is 2.30. The quantitative estimate of drug-likeness (QED) is 0.636. The van der Waals surface area contributed by atoms with Gasteiger partial charge in [-0.1, -0.05) is 0 Å². The molecule has 0 aromatic heterocycles. The molecule has 0 bridgehead atoms. The van der Waals surface area contributed by atoms with Gasteiger partial charge in [0, 0.05) is 13.0 Å². The zero-order valence-electron chi connectivity index (χ0n) is 6.88. The number of rotatable bonds is 3. The number of hydrogen-bond acceptors (Lipinski definition) is 2. The molecule has 1 N–H and O–H groups in total. The molecule has 0 aromatic rings. The molecule has 1 unspecified atom stereocenters. The van der Waals surface area contributed by atoms with Crippen LogP contribution in [0.1, 0.15) is 19.3 Å². The van der Waals surface area contributed by atoms with Crippen molar-refractivity contribution in [2.75, 3.05) is 13.2 Å². The van der Waals surface area contributed by atoms with Gasteiger partial charge in [0.15, 0.2) is 0 Å². The number of carboxylic acid groups (broad SMARTS) is 1. The van der Waals surface area contributed by atoms with Gasteiger partial charge in [-0.05, 0) is 12.8 Å². The highest BCUT2D eigenvalue weighted by molar-refractivity contribution is 5.75. The van der Waals surface area contributed by atoms with Crippen molar-refractivity contribution in [3.63, 3.8) is 0 Å². The standard InChI is InChI=1S/C9H12O3/c1-2-3-4-9(8(10)11)5-6-12-7-9/h1H,3-7H2,(H,10,11). The first-order valence-electron chi connectivity index (χ1n) is 3.96. The molecule has 1 atom stereocenters. The van der Waals surface area contributed by atoms with Crippen LogP contribution in [0.15, 0.2) is 0 Å². The second kappa shape index (κ2) is 3.59. The molecule has 0 aromatic carbocycles. The van der Waals surface area contributed by atoms with Gasteiger partial charge in [0.25, 0.3) is 0 Å². The summed E-state index contributed by atoms with van der Waals surface area (Å²) >= 11 is 0. The number of terminal acetylenes is 1. The lowest BCUT2D eigenvalue weighted by atomic mass is 9.83. The summed E-state index contributed by atoms with van der Waals surface area (Å²) in [6, 6.07) is 0. The van der Waals surface area contributed by atoms with Crippen LogP contribution in [0.5, 0.6) is 0 Å². The van der Waals surface area contributed by atoms with Crippen molar-refractivity contribution in [2.24, 2.45) is 5.41 Å². The third-order valence-corrected chi connectivity index (χ3v) is 2.30. The largest absolute Gasteiger partial charge is 0.481 e. The Morgan fingerprint density at radius 3 is 2.92 bits per heavy atom. The summed E-state index contributed by atoms with van der Waals surface area (Å²) in [5.41, 5.74) is -0.702. The minimum Gasteiger partial charge on any atom is -0.481 e. The third kappa shape index (κ3) is 1.59. The zero-order valence-corrected chi connectivity index (χ0v) is 6.88. The molecule has 0 saturated carbocycles. The second-order valence-electron chi connectivity index (χ2n) is 3.09. The molecule has 12 heavy (non-hydrogen) atoms. The van der Waals surface area contributed by atoms with Crippen LogP contribution >= 0.6 is 0 Å². The van der Waals surface area contributed by atoms with Crippen LogP contribution < -0.4 is 0 Å². The van der Waals surface area contributed by atoms with Gasteiger partial charge >= 0.3 is 5.97 Å². The second-order valence-corrected chi connectivity index (χ2v) is 3.09. The Morgan fingerprint density at radius 1 is 1.75 bits per heavy atom. The highest BCUT2D eigenvalue weighted by Crippen LogP contribution is 2.33. The van der Waals surface area contributed by atoms with Crippen molar-refractivity contribution in [1.29, 1.82) is 0 Å². The Labute approximate surface area is 71.7 Å². The molecular formula is C9H12O3. The molecule has 1 heterocycles. The van der Waals surface area contributed by atoms with Crippen LogP contribution in [-0.4, -0.2) is 24.3 Å². The summed E-state index contributed by atoms with van der Waals surface area (Å²) in [6.45, 7) is 0.848. The summed E-state index contributed by atoms with van der Waals surface area (Å²) < 4.78 is 5.07. The Morgan fingerprint density at radius 2 is 2.50 bits per heavy atom. The van der Waals surface area contributed by atoms with Crippen LogP contribution in [-0.2, 0) is 9.53 Å². The maximum atomic E-state index is 10.9. The number of ether oxygens (including phenoxy) is 1. The predicted octanol–water partition coefficient (Wildman–Crippen LogP) is 0.891. The maximum absolute atomic E-state index is 10.9. The predicted molar refractivity (Wildman–Crippen MR) is 43.6 cm³/mol. The minimum atomic E-state index is -0.782. The molecule has 1 aliphatic rings. The molecular weight excluding hydrogens is 156 g/mol. The summed E-state index contributed by atoms with van der Waals surface area (Å²) in [5.74, 6) is 1.67. The average Bonchev–Trinajstić information content (AvgIpc) is 2.50. The topological polar surface area (TPSA) is 46.5 Å². The molecule has 66 valence electrons. The van der Waals surface area contributed by atoms with Crippen molar-refractivity contribution >= 4 is 5.97 Å². The van der Waals surface area contributed by atoms with E-state index in [4.69, 9.17) is 16.3 Å². The lowest BCUT2D eigenvalue weighted by Crippen LogP contribution is -2.31. The Balaban J connectivity index is 2.60. The van der Waals surface area contributed by atoms with E-state index in [9.17, 15) is 4.79 Å². The van der Waals surface area contributed by atoms with Crippen LogP contribution in [0, 0.1) is 17.8 Å². The van der Waals surface area contributed by atoms with E-state index in [0.717, 1.165) is 0 Å². The monoisotopic (exact) mass is 168 g/mol. The minimum absolute atomic E-state index is 0.310. The smallest absolute Gasteiger partial charge is 0.312 e. The summed E-state index contributed by atoms with van der Waals surface area (Å²) in [4.78, 5) is 10.9. The number of carboxylic acids is 1. The molecule has 1 saturated heterocycles. The van der Waals surface area contributed by atoms with Crippen molar-refractivity contribution in [1.82, 2.24) is 0 Å². The van der Waals surface area contributed by atoms with Crippen molar-refractivity contribution in [3.8, 4) is 12.3 Å². The SMILES string of the molecule is C#CCCC1(C(=O)O)CCOC1. The van der Waals surface area contributed by atoms with Crippen LogP contribution in [0.25, 0.3) is 0 Å². The summed E-state index contributed by atoms with van der Waals surface area (Å²) in [7, 11) is 0. The molecule has 1 aliphatic heterocycles. The van der Waals surface area contributed by atoms with Crippen molar-refractivity contribution in [3.05, 3.63) is 0 Å². The van der Waals surface area contributed by atoms with E-state index in [-0.39, 0.29) is 0 Å². The molecule has 0 aliphatic carbocycles. The summed E-state index contributed by atoms with van der Waals surface area (Å²) in [5, 5.41) is 8.94. The van der Waals surface area contributed by atoms with Gasteiger partial charge in [-0.25, -0.2) is 0 Å². The van der Waals surface area contributed by atoms with E-state index >= 15 is 0 Å². The van der Waals surface area contributed by atoms with E-state index in [0.29, 0.717) is 32.5 Å².